The summed E-state index contributed by atoms with van der Waals surface area (Å²) in [5, 5.41) is 22.6. The topological polar surface area (TPSA) is 316 Å². The number of rotatable bonds is 25. The number of primary amides is 1. The van der Waals surface area contributed by atoms with Crippen molar-refractivity contribution in [1.29, 1.82) is 0 Å². The highest BCUT2D eigenvalue weighted by Gasteiger charge is 2.34. The summed E-state index contributed by atoms with van der Waals surface area (Å²) < 4.78 is 0. The minimum absolute atomic E-state index is 0.0101. The Morgan fingerprint density at radius 2 is 1.02 bits per heavy atom. The van der Waals surface area contributed by atoms with Gasteiger partial charge in [0, 0.05) is 6.54 Å². The van der Waals surface area contributed by atoms with Gasteiger partial charge in [0.05, 0.1) is 12.5 Å². The van der Waals surface area contributed by atoms with E-state index in [-0.39, 0.29) is 68.8 Å². The highest BCUT2D eigenvalue weighted by Crippen LogP contribution is 2.13. The fourth-order valence-electron chi connectivity index (χ4n) is 5.61. The van der Waals surface area contributed by atoms with E-state index in [1.165, 1.54) is 0 Å². The molecule has 0 bridgehead atoms. The molecule has 18 nitrogen and oxygen atoms in total. The zero-order valence-electron chi connectivity index (χ0n) is 32.8. The third-order valence-corrected chi connectivity index (χ3v) is 8.25. The van der Waals surface area contributed by atoms with Crippen LogP contribution in [0.2, 0.25) is 0 Å². The van der Waals surface area contributed by atoms with Crippen molar-refractivity contribution >= 4 is 47.4 Å². The first-order chi connectivity index (χ1) is 25.7. The normalized spacial score (nSPS) is 14.4. The van der Waals surface area contributed by atoms with Crippen molar-refractivity contribution in [2.45, 2.75) is 123 Å². The molecule has 0 aliphatic heterocycles. The van der Waals surface area contributed by atoms with E-state index in [9.17, 15) is 38.7 Å². The second-order valence-corrected chi connectivity index (χ2v) is 14.9. The molecule has 0 aliphatic carbocycles. The average Bonchev–Trinajstić information content (AvgIpc) is 3.07. The Hall–Kier alpha value is -5.26. The zero-order chi connectivity index (χ0) is 41.8. The second kappa shape index (κ2) is 24.2. The molecule has 18 heteroatoms. The lowest BCUT2D eigenvalue weighted by atomic mass is 9.98. The number of carbonyl (C=O) groups excluding carboxylic acids is 6. The fraction of sp³-hybridized carbons (Fsp3) is 0.622. The molecule has 308 valence electrons. The first-order valence-electron chi connectivity index (χ1n) is 18.6. The van der Waals surface area contributed by atoms with Gasteiger partial charge in [-0.3, -0.25) is 33.8 Å². The van der Waals surface area contributed by atoms with E-state index in [1.807, 2.05) is 71.9 Å². The van der Waals surface area contributed by atoms with Crippen LogP contribution in [0, 0.1) is 17.8 Å². The Morgan fingerprint density at radius 3 is 1.42 bits per heavy atom. The maximum Gasteiger partial charge on any atom is 0.326 e. The average molecular weight is 775 g/mol. The molecule has 55 heavy (non-hydrogen) atoms. The standard InChI is InChI=1S/C37H62N10O8/c1-20(2)15-26(44-31(49)24(38)18-23-11-8-7-9-12-23)34(52)46-28(17-22(5)6)35(53)45-27(16-21(3)4)33(51)43-25(13-10-14-42-37(40)41)32(50)47-29(36(54)55)19-30(39)48/h7-9,11-12,20-22,24-29H,10,13-19,38H2,1-6H3,(H2,39,48)(H,43,51)(H,44,49)(H,45,53)(H,46,52)(H,47,50)(H,54,55)(H4,40,41,42)/t24-,25-,26-,27-,28-,29-/m0/s1. The van der Waals surface area contributed by atoms with Gasteiger partial charge in [0.15, 0.2) is 5.96 Å². The van der Waals surface area contributed by atoms with E-state index in [2.05, 4.69) is 31.6 Å². The van der Waals surface area contributed by atoms with Gasteiger partial charge < -0.3 is 54.6 Å². The number of aliphatic imine (C=N–C) groups is 1. The van der Waals surface area contributed by atoms with Crippen LogP contribution in [0.5, 0.6) is 0 Å². The molecule has 0 saturated carbocycles. The molecule has 0 spiro atoms. The third-order valence-electron chi connectivity index (χ3n) is 8.25. The molecule has 1 aromatic carbocycles. The van der Waals surface area contributed by atoms with Crippen LogP contribution < -0.4 is 49.5 Å². The summed E-state index contributed by atoms with van der Waals surface area (Å²) in [5.74, 6) is -6.32. The quantitative estimate of drug-likeness (QED) is 0.0331. The molecule has 1 rings (SSSR count). The summed E-state index contributed by atoms with van der Waals surface area (Å²) in [6, 6.07) is 2.02. The van der Waals surface area contributed by atoms with Gasteiger partial charge in [0.25, 0.3) is 0 Å². The first-order valence-corrected chi connectivity index (χ1v) is 18.6. The van der Waals surface area contributed by atoms with Crippen LogP contribution in [0.1, 0.15) is 85.6 Å². The minimum Gasteiger partial charge on any atom is -0.480 e. The van der Waals surface area contributed by atoms with Crippen LogP contribution in [0.3, 0.4) is 0 Å². The number of carboxylic acid groups (broad SMARTS) is 1. The van der Waals surface area contributed by atoms with Crippen LogP contribution in [0.15, 0.2) is 35.3 Å². The van der Waals surface area contributed by atoms with Crippen LogP contribution in [-0.4, -0.2) is 95.3 Å². The number of nitrogens with two attached hydrogens (primary N) is 4. The van der Waals surface area contributed by atoms with Crippen molar-refractivity contribution in [3.05, 3.63) is 35.9 Å². The van der Waals surface area contributed by atoms with Crippen molar-refractivity contribution in [3.8, 4) is 0 Å². The number of carbonyl (C=O) groups is 7. The predicted molar refractivity (Wildman–Crippen MR) is 207 cm³/mol. The molecule has 0 unspecified atom stereocenters. The van der Waals surface area contributed by atoms with Crippen molar-refractivity contribution < 1.29 is 38.7 Å². The Kier molecular flexibility index (Phi) is 21.0. The zero-order valence-corrected chi connectivity index (χ0v) is 32.8. The minimum atomic E-state index is -1.66. The number of nitrogens with zero attached hydrogens (tertiary/aromatic N) is 1. The number of guanidine groups is 1. The van der Waals surface area contributed by atoms with Crippen molar-refractivity contribution in [2.24, 2.45) is 45.7 Å². The van der Waals surface area contributed by atoms with Gasteiger partial charge in [-0.25, -0.2) is 4.79 Å². The number of nitrogens with one attached hydrogen (secondary N) is 5. The van der Waals surface area contributed by atoms with Gasteiger partial charge in [0.2, 0.25) is 35.4 Å². The maximum absolute atomic E-state index is 13.9. The number of benzene rings is 1. The molecule has 14 N–H and O–H groups in total. The van der Waals surface area contributed by atoms with Crippen molar-refractivity contribution in [1.82, 2.24) is 26.6 Å². The summed E-state index contributed by atoms with van der Waals surface area (Å²) in [6.07, 6.45) is 0.309. The monoisotopic (exact) mass is 774 g/mol. The van der Waals surface area contributed by atoms with Gasteiger partial charge in [-0.15, -0.1) is 0 Å². The smallest absolute Gasteiger partial charge is 0.326 e. The lowest BCUT2D eigenvalue weighted by Gasteiger charge is -2.28. The van der Waals surface area contributed by atoms with E-state index in [1.54, 1.807) is 0 Å². The molecule has 0 heterocycles. The number of hydrogen-bond donors (Lipinski definition) is 10. The number of amides is 6. The first kappa shape index (κ1) is 47.8. The van der Waals surface area contributed by atoms with Crippen LogP contribution in [-0.2, 0) is 40.0 Å². The maximum atomic E-state index is 13.9. The highest BCUT2D eigenvalue weighted by atomic mass is 16.4. The fourth-order valence-corrected chi connectivity index (χ4v) is 5.61. The lowest BCUT2D eigenvalue weighted by Crippen LogP contribution is -2.59. The van der Waals surface area contributed by atoms with Crippen LogP contribution in [0.4, 0.5) is 0 Å². The second-order valence-electron chi connectivity index (χ2n) is 14.9. The molecule has 6 atom stereocenters. The van der Waals surface area contributed by atoms with E-state index < -0.39 is 84.1 Å². The molecule has 0 radical (unpaired) electrons. The van der Waals surface area contributed by atoms with E-state index >= 15 is 0 Å². The Balaban J connectivity index is 3.27. The summed E-state index contributed by atoms with van der Waals surface area (Å²) >= 11 is 0. The molecule has 0 aromatic heterocycles. The number of hydrogen-bond acceptors (Lipinski definition) is 9. The molecular formula is C37H62N10O8. The van der Waals surface area contributed by atoms with Crippen LogP contribution in [0.25, 0.3) is 0 Å². The van der Waals surface area contributed by atoms with E-state index in [0.717, 1.165) is 5.56 Å². The van der Waals surface area contributed by atoms with Gasteiger partial charge in [-0.1, -0.05) is 71.9 Å². The lowest BCUT2D eigenvalue weighted by molar-refractivity contribution is -0.143. The van der Waals surface area contributed by atoms with Gasteiger partial charge in [-0.2, -0.15) is 0 Å². The van der Waals surface area contributed by atoms with Crippen molar-refractivity contribution in [2.75, 3.05) is 6.54 Å². The number of aliphatic carboxylic acids is 1. The SMILES string of the molecule is CC(C)C[C@H](NC(=O)[C@H](CC(C)C)NC(=O)[C@H](CC(C)C)NC(=O)[C@@H](N)Cc1ccccc1)C(=O)N[C@@H](CCCN=C(N)N)C(=O)N[C@@H](CC(N)=O)C(=O)O. The molecule has 0 fully saturated rings. The largest absolute Gasteiger partial charge is 0.480 e. The number of carboxylic acids is 1. The summed E-state index contributed by atoms with van der Waals surface area (Å²) in [7, 11) is 0. The predicted octanol–water partition coefficient (Wildman–Crippen LogP) is -0.868. The van der Waals surface area contributed by atoms with Crippen LogP contribution >= 0.6 is 0 Å². The summed E-state index contributed by atoms with van der Waals surface area (Å²) in [6.45, 7) is 11.2. The summed E-state index contributed by atoms with van der Waals surface area (Å²) in [4.78, 5) is 94.7. The van der Waals surface area contributed by atoms with Gasteiger partial charge >= 0.3 is 5.97 Å². The van der Waals surface area contributed by atoms with Crippen molar-refractivity contribution in [3.63, 3.8) is 0 Å². The van der Waals surface area contributed by atoms with E-state index in [0.29, 0.717) is 0 Å². The molecular weight excluding hydrogens is 712 g/mol. The molecule has 1 aromatic rings. The van der Waals surface area contributed by atoms with Gasteiger partial charge in [0.1, 0.15) is 30.2 Å². The van der Waals surface area contributed by atoms with E-state index in [4.69, 9.17) is 22.9 Å². The highest BCUT2D eigenvalue weighted by molar-refractivity contribution is 5.96. The third kappa shape index (κ3) is 19.6. The molecule has 0 aliphatic rings. The van der Waals surface area contributed by atoms with Gasteiger partial charge in [-0.05, 0) is 61.8 Å². The Labute approximate surface area is 323 Å². The Bertz CT molecular complexity index is 1470. The summed E-state index contributed by atoms with van der Waals surface area (Å²) in [5.41, 5.74) is 23.0. The molecule has 0 saturated heterocycles. The Morgan fingerprint density at radius 1 is 0.618 bits per heavy atom. The molecule has 6 amide bonds.